The number of hydrogen-bond acceptors (Lipinski definition) is 4. The molecule has 1 N–H and O–H groups in total. The molecule has 2 aromatic heterocycles. The van der Waals surface area contributed by atoms with E-state index in [9.17, 15) is 9.59 Å². The van der Waals surface area contributed by atoms with Crippen molar-refractivity contribution >= 4 is 17.5 Å². The maximum Gasteiger partial charge on any atom is 0.298 e. The van der Waals surface area contributed by atoms with Crippen molar-refractivity contribution in [2.75, 3.05) is 5.32 Å². The number of nitrogens with one attached hydrogen (secondary N) is 1. The molecule has 0 bridgehead atoms. The number of ketones is 1. The van der Waals surface area contributed by atoms with Crippen molar-refractivity contribution in [2.45, 2.75) is 20.8 Å². The first-order chi connectivity index (χ1) is 9.40. The summed E-state index contributed by atoms with van der Waals surface area (Å²) in [7, 11) is 1.74. The lowest BCUT2D eigenvalue weighted by atomic mass is 10.1. The maximum absolute atomic E-state index is 12.2. The zero-order valence-electron chi connectivity index (χ0n) is 11.9. The zero-order chi connectivity index (χ0) is 14.9. The molecule has 0 aliphatic heterocycles. The van der Waals surface area contributed by atoms with Gasteiger partial charge < -0.3 is 5.32 Å². The number of nitrogens with zero attached hydrogens (tertiary/aromatic N) is 3. The van der Waals surface area contributed by atoms with E-state index in [0.717, 1.165) is 5.69 Å². The van der Waals surface area contributed by atoms with Gasteiger partial charge in [0.15, 0.2) is 0 Å². The Labute approximate surface area is 116 Å². The maximum atomic E-state index is 12.2. The molecule has 104 valence electrons. The summed E-state index contributed by atoms with van der Waals surface area (Å²) in [4.78, 5) is 28.3. The van der Waals surface area contributed by atoms with Gasteiger partial charge >= 0.3 is 0 Å². The predicted molar refractivity (Wildman–Crippen MR) is 74.6 cm³/mol. The lowest BCUT2D eigenvalue weighted by Gasteiger charge is -2.04. The zero-order valence-corrected chi connectivity index (χ0v) is 11.9. The summed E-state index contributed by atoms with van der Waals surface area (Å²) in [6.07, 6.45) is 0. The summed E-state index contributed by atoms with van der Waals surface area (Å²) >= 11 is 0. The van der Waals surface area contributed by atoms with Crippen LogP contribution < -0.4 is 5.32 Å². The highest BCUT2D eigenvalue weighted by Crippen LogP contribution is 2.14. The minimum absolute atomic E-state index is 0.345. The van der Waals surface area contributed by atoms with Crippen molar-refractivity contribution in [3.63, 3.8) is 0 Å². The van der Waals surface area contributed by atoms with Gasteiger partial charge in [0.05, 0.1) is 11.3 Å². The summed E-state index contributed by atoms with van der Waals surface area (Å²) in [5.74, 6) is -0.943. The van der Waals surface area contributed by atoms with Crippen LogP contribution in [0.15, 0.2) is 18.2 Å². The Bertz CT molecular complexity index is 688. The van der Waals surface area contributed by atoms with Gasteiger partial charge in [-0.1, -0.05) is 6.07 Å². The van der Waals surface area contributed by atoms with Crippen molar-refractivity contribution in [3.05, 3.63) is 40.8 Å². The van der Waals surface area contributed by atoms with E-state index in [-0.39, 0.29) is 0 Å². The molecule has 0 aromatic carbocycles. The number of pyridine rings is 1. The predicted octanol–water partition coefficient (Wildman–Crippen LogP) is 1.56. The topological polar surface area (TPSA) is 76.9 Å². The number of Topliss-reactive ketones (excluding diaryl/α,β-unsaturated/α-hetero) is 1. The molecular weight excluding hydrogens is 256 g/mol. The second-order valence-electron chi connectivity index (χ2n) is 4.62. The average Bonchev–Trinajstić information content (AvgIpc) is 2.62. The number of carbonyl (C=O) groups excluding carboxylic acids is 2. The monoisotopic (exact) mass is 272 g/mol. The second-order valence-corrected chi connectivity index (χ2v) is 4.62. The minimum Gasteiger partial charge on any atom is -0.304 e. The van der Waals surface area contributed by atoms with Gasteiger partial charge in [0.25, 0.3) is 11.7 Å². The van der Waals surface area contributed by atoms with E-state index in [1.165, 1.54) is 0 Å². The van der Waals surface area contributed by atoms with Gasteiger partial charge in [-0.15, -0.1) is 0 Å². The fourth-order valence-corrected chi connectivity index (χ4v) is 2.00. The third kappa shape index (κ3) is 2.59. The second kappa shape index (κ2) is 5.24. The van der Waals surface area contributed by atoms with E-state index >= 15 is 0 Å². The van der Waals surface area contributed by atoms with Crippen LogP contribution in [0.3, 0.4) is 0 Å². The molecular formula is C14H16N4O2. The van der Waals surface area contributed by atoms with E-state index < -0.39 is 11.7 Å². The molecule has 1 amide bonds. The van der Waals surface area contributed by atoms with E-state index in [0.29, 0.717) is 22.8 Å². The summed E-state index contributed by atoms with van der Waals surface area (Å²) in [6, 6.07) is 5.22. The summed E-state index contributed by atoms with van der Waals surface area (Å²) < 4.78 is 1.58. The van der Waals surface area contributed by atoms with Crippen LogP contribution in [0.2, 0.25) is 0 Å². The third-order valence-corrected chi connectivity index (χ3v) is 3.07. The molecule has 0 fully saturated rings. The van der Waals surface area contributed by atoms with E-state index in [4.69, 9.17) is 0 Å². The first-order valence-corrected chi connectivity index (χ1v) is 6.19. The molecule has 0 saturated heterocycles. The first kappa shape index (κ1) is 13.9. The average molecular weight is 272 g/mol. The first-order valence-electron chi connectivity index (χ1n) is 6.19. The van der Waals surface area contributed by atoms with Gasteiger partial charge in [-0.25, -0.2) is 4.98 Å². The standard InChI is InChI=1S/C14H16N4O2/c1-8-6-5-7-11(15-8)16-14(20)13(19)12-9(2)17-18(4)10(12)3/h5-7H,1-4H3,(H,15,16,20). The van der Waals surface area contributed by atoms with Crippen LogP contribution in [0.4, 0.5) is 5.82 Å². The van der Waals surface area contributed by atoms with Gasteiger partial charge in [0.1, 0.15) is 5.82 Å². The van der Waals surface area contributed by atoms with Crippen molar-refractivity contribution in [2.24, 2.45) is 7.05 Å². The quantitative estimate of drug-likeness (QED) is 0.679. The molecule has 2 rings (SSSR count). The van der Waals surface area contributed by atoms with Crippen LogP contribution in [0.25, 0.3) is 0 Å². The Morgan fingerprint density at radius 2 is 1.90 bits per heavy atom. The van der Waals surface area contributed by atoms with Crippen LogP contribution in [-0.2, 0) is 11.8 Å². The van der Waals surface area contributed by atoms with Crippen molar-refractivity contribution in [1.29, 1.82) is 0 Å². The summed E-state index contributed by atoms with van der Waals surface area (Å²) in [6.45, 7) is 5.27. The molecule has 0 spiro atoms. The normalized spacial score (nSPS) is 10.4. The Hall–Kier alpha value is -2.50. The minimum atomic E-state index is -0.706. The van der Waals surface area contributed by atoms with Crippen molar-refractivity contribution in [1.82, 2.24) is 14.8 Å². The molecule has 6 nitrogen and oxygen atoms in total. The van der Waals surface area contributed by atoms with Crippen LogP contribution >= 0.6 is 0 Å². The number of amides is 1. The van der Waals surface area contributed by atoms with Crippen LogP contribution in [-0.4, -0.2) is 26.5 Å². The van der Waals surface area contributed by atoms with Crippen molar-refractivity contribution < 1.29 is 9.59 Å². The number of anilines is 1. The van der Waals surface area contributed by atoms with Gasteiger partial charge in [-0.2, -0.15) is 5.10 Å². The van der Waals surface area contributed by atoms with Crippen molar-refractivity contribution in [3.8, 4) is 0 Å². The SMILES string of the molecule is Cc1cccc(NC(=O)C(=O)c2c(C)nn(C)c2C)n1. The molecule has 0 aliphatic carbocycles. The van der Waals surface area contributed by atoms with Crippen LogP contribution in [0.5, 0.6) is 0 Å². The highest BCUT2D eigenvalue weighted by Gasteiger charge is 2.24. The summed E-state index contributed by atoms with van der Waals surface area (Å²) in [5.41, 5.74) is 2.32. The molecule has 20 heavy (non-hydrogen) atoms. The molecule has 2 aromatic rings. The highest BCUT2D eigenvalue weighted by molar-refractivity contribution is 6.46. The Morgan fingerprint density at radius 3 is 2.45 bits per heavy atom. The molecule has 6 heteroatoms. The van der Waals surface area contributed by atoms with Gasteiger partial charge in [-0.05, 0) is 32.9 Å². The molecule has 0 atom stereocenters. The number of carbonyl (C=O) groups is 2. The lowest BCUT2D eigenvalue weighted by Crippen LogP contribution is -2.24. The number of hydrogen-bond donors (Lipinski definition) is 1. The van der Waals surface area contributed by atoms with Gasteiger partial charge in [-0.3, -0.25) is 14.3 Å². The largest absolute Gasteiger partial charge is 0.304 e. The molecule has 0 unspecified atom stereocenters. The number of aromatic nitrogens is 3. The van der Waals surface area contributed by atoms with Crippen LogP contribution in [0, 0.1) is 20.8 Å². The molecule has 0 aliphatic rings. The van der Waals surface area contributed by atoms with Gasteiger partial charge in [0.2, 0.25) is 0 Å². The van der Waals surface area contributed by atoms with E-state index in [1.54, 1.807) is 37.7 Å². The number of rotatable bonds is 3. The third-order valence-electron chi connectivity index (χ3n) is 3.07. The smallest absolute Gasteiger partial charge is 0.298 e. The lowest BCUT2D eigenvalue weighted by molar-refractivity contribution is -0.112. The van der Waals surface area contributed by atoms with Crippen LogP contribution in [0.1, 0.15) is 27.4 Å². The Balaban J connectivity index is 2.23. The van der Waals surface area contributed by atoms with E-state index in [2.05, 4.69) is 15.4 Å². The number of aryl methyl sites for hydroxylation is 3. The van der Waals surface area contributed by atoms with Gasteiger partial charge in [0, 0.05) is 18.4 Å². The van der Waals surface area contributed by atoms with E-state index in [1.807, 2.05) is 13.0 Å². The summed E-state index contributed by atoms with van der Waals surface area (Å²) in [5, 5.41) is 6.64. The highest BCUT2D eigenvalue weighted by atomic mass is 16.2. The Kier molecular flexibility index (Phi) is 3.65. The molecule has 2 heterocycles. The Morgan fingerprint density at radius 1 is 1.20 bits per heavy atom. The fourth-order valence-electron chi connectivity index (χ4n) is 2.00. The molecule has 0 saturated carbocycles. The molecule has 0 radical (unpaired) electrons. The fraction of sp³-hybridized carbons (Fsp3) is 0.286.